The van der Waals surface area contributed by atoms with Crippen LogP contribution in [0.1, 0.15) is 37.9 Å². The van der Waals surface area contributed by atoms with Crippen LogP contribution in [-0.2, 0) is 13.1 Å². The molecule has 1 aliphatic rings. The topological polar surface area (TPSA) is 31.6 Å². The lowest BCUT2D eigenvalue weighted by molar-refractivity contribution is 0.104. The van der Waals surface area contributed by atoms with E-state index < -0.39 is 0 Å². The number of aryl methyl sites for hydroxylation is 1. The van der Waals surface area contributed by atoms with Crippen molar-refractivity contribution in [1.29, 1.82) is 0 Å². The van der Waals surface area contributed by atoms with Crippen LogP contribution in [0.2, 0.25) is 0 Å². The van der Waals surface area contributed by atoms with Gasteiger partial charge in [-0.05, 0) is 33.4 Å². The highest BCUT2D eigenvalue weighted by Gasteiger charge is 2.20. The van der Waals surface area contributed by atoms with E-state index in [1.807, 2.05) is 0 Å². The first-order valence-corrected chi connectivity index (χ1v) is 7.85. The molecule has 20 heavy (non-hydrogen) atoms. The lowest BCUT2D eigenvalue weighted by Gasteiger charge is -2.36. The molecule has 1 aromatic heterocycles. The van der Waals surface area contributed by atoms with E-state index >= 15 is 0 Å². The summed E-state index contributed by atoms with van der Waals surface area (Å²) in [4.78, 5) is 5.09. The second-order valence-corrected chi connectivity index (χ2v) is 5.98. The summed E-state index contributed by atoms with van der Waals surface area (Å²) in [5, 5.41) is 3.31. The van der Waals surface area contributed by atoms with Gasteiger partial charge in [0.2, 0.25) is 0 Å². The fraction of sp³-hybridized carbons (Fsp3) is 0.750. The van der Waals surface area contributed by atoms with E-state index in [-0.39, 0.29) is 0 Å². The predicted molar refractivity (Wildman–Crippen MR) is 82.8 cm³/mol. The van der Waals surface area contributed by atoms with Gasteiger partial charge in [0.15, 0.2) is 0 Å². The van der Waals surface area contributed by atoms with Gasteiger partial charge >= 0.3 is 0 Å². The molecule has 2 heterocycles. The first kappa shape index (κ1) is 15.5. The number of nitrogens with one attached hydrogen (secondary N) is 1. The first-order chi connectivity index (χ1) is 9.60. The summed E-state index contributed by atoms with van der Waals surface area (Å²) in [5.74, 6) is 2.13. The predicted octanol–water partition coefficient (Wildman–Crippen LogP) is 2.22. The van der Waals surface area contributed by atoms with E-state index in [9.17, 15) is 0 Å². The molecule has 0 radical (unpaired) electrons. The van der Waals surface area contributed by atoms with Crippen LogP contribution < -0.4 is 5.32 Å². The van der Waals surface area contributed by atoms with Gasteiger partial charge < -0.3 is 9.73 Å². The molecule has 0 aromatic carbocycles. The minimum Gasteiger partial charge on any atom is -0.465 e. The summed E-state index contributed by atoms with van der Waals surface area (Å²) >= 11 is 0. The van der Waals surface area contributed by atoms with E-state index in [0.717, 1.165) is 44.2 Å². The summed E-state index contributed by atoms with van der Waals surface area (Å²) in [6.45, 7) is 16.3. The SMILES string of the molecule is CCNCc1cc(CN2CCN(C(C)C)CC2)c(C)o1. The molecule has 0 spiro atoms. The van der Waals surface area contributed by atoms with Crippen LogP contribution in [0.15, 0.2) is 10.5 Å². The van der Waals surface area contributed by atoms with Crippen molar-refractivity contribution in [2.75, 3.05) is 32.7 Å². The molecular formula is C16H29N3O. The zero-order valence-electron chi connectivity index (χ0n) is 13.4. The second-order valence-electron chi connectivity index (χ2n) is 5.98. The highest BCUT2D eigenvalue weighted by atomic mass is 16.3. The van der Waals surface area contributed by atoms with Gasteiger partial charge in [-0.1, -0.05) is 6.92 Å². The van der Waals surface area contributed by atoms with Crippen LogP contribution in [-0.4, -0.2) is 48.6 Å². The van der Waals surface area contributed by atoms with Gasteiger partial charge in [-0.15, -0.1) is 0 Å². The molecule has 2 rings (SSSR count). The highest BCUT2D eigenvalue weighted by molar-refractivity contribution is 5.20. The van der Waals surface area contributed by atoms with E-state index in [1.165, 1.54) is 18.7 Å². The minimum atomic E-state index is 0.666. The third-order valence-electron chi connectivity index (χ3n) is 4.15. The number of hydrogen-bond donors (Lipinski definition) is 1. The van der Waals surface area contributed by atoms with Gasteiger partial charge in [0, 0.05) is 44.3 Å². The quantitative estimate of drug-likeness (QED) is 0.865. The average molecular weight is 279 g/mol. The van der Waals surface area contributed by atoms with Crippen LogP contribution in [0.4, 0.5) is 0 Å². The van der Waals surface area contributed by atoms with E-state index in [0.29, 0.717) is 6.04 Å². The summed E-state index contributed by atoms with van der Waals surface area (Å²) in [6.07, 6.45) is 0. The standard InChI is InChI=1S/C16H29N3O/c1-5-17-11-16-10-15(14(4)20-16)12-18-6-8-19(9-7-18)13(2)3/h10,13,17H,5-9,11-12H2,1-4H3. The fourth-order valence-electron chi connectivity index (χ4n) is 2.76. The second kappa shape index (κ2) is 7.25. The van der Waals surface area contributed by atoms with Crippen LogP contribution >= 0.6 is 0 Å². The van der Waals surface area contributed by atoms with Crippen molar-refractivity contribution in [2.24, 2.45) is 0 Å². The van der Waals surface area contributed by atoms with Crippen molar-refractivity contribution < 1.29 is 4.42 Å². The highest BCUT2D eigenvalue weighted by Crippen LogP contribution is 2.18. The molecule has 0 aliphatic carbocycles. The maximum atomic E-state index is 5.82. The molecule has 4 heteroatoms. The lowest BCUT2D eigenvalue weighted by Crippen LogP contribution is -2.48. The normalized spacial score (nSPS) is 18.1. The van der Waals surface area contributed by atoms with Gasteiger partial charge in [-0.25, -0.2) is 0 Å². The van der Waals surface area contributed by atoms with E-state index in [2.05, 4.69) is 48.9 Å². The van der Waals surface area contributed by atoms with Gasteiger partial charge in [0.25, 0.3) is 0 Å². The van der Waals surface area contributed by atoms with E-state index in [1.54, 1.807) is 0 Å². The Labute approximate surface area is 123 Å². The summed E-state index contributed by atoms with van der Waals surface area (Å²) < 4.78 is 5.82. The van der Waals surface area contributed by atoms with Crippen molar-refractivity contribution in [1.82, 2.24) is 15.1 Å². The monoisotopic (exact) mass is 279 g/mol. The number of nitrogens with zero attached hydrogens (tertiary/aromatic N) is 2. The van der Waals surface area contributed by atoms with Crippen LogP contribution in [0.25, 0.3) is 0 Å². The zero-order chi connectivity index (χ0) is 14.5. The summed E-state index contributed by atoms with van der Waals surface area (Å²) in [5.41, 5.74) is 1.34. The molecule has 0 bridgehead atoms. The molecule has 1 N–H and O–H groups in total. The molecule has 1 saturated heterocycles. The van der Waals surface area contributed by atoms with Crippen molar-refractivity contribution in [3.8, 4) is 0 Å². The smallest absolute Gasteiger partial charge is 0.118 e. The Morgan fingerprint density at radius 3 is 2.55 bits per heavy atom. The molecular weight excluding hydrogens is 250 g/mol. The maximum Gasteiger partial charge on any atom is 0.118 e. The fourth-order valence-corrected chi connectivity index (χ4v) is 2.76. The Bertz CT molecular complexity index is 406. The van der Waals surface area contributed by atoms with Gasteiger partial charge in [0.1, 0.15) is 11.5 Å². The van der Waals surface area contributed by atoms with Crippen LogP contribution in [0, 0.1) is 6.92 Å². The van der Waals surface area contributed by atoms with Gasteiger partial charge in [-0.3, -0.25) is 9.80 Å². The Hall–Kier alpha value is -0.840. The largest absolute Gasteiger partial charge is 0.465 e. The number of furan rings is 1. The molecule has 1 aliphatic heterocycles. The number of piperazine rings is 1. The third-order valence-corrected chi connectivity index (χ3v) is 4.15. The average Bonchev–Trinajstić information content (AvgIpc) is 2.77. The first-order valence-electron chi connectivity index (χ1n) is 7.85. The lowest BCUT2D eigenvalue weighted by atomic mass is 10.2. The van der Waals surface area contributed by atoms with Crippen molar-refractivity contribution >= 4 is 0 Å². The molecule has 0 atom stereocenters. The number of hydrogen-bond acceptors (Lipinski definition) is 4. The van der Waals surface area contributed by atoms with Gasteiger partial charge in [-0.2, -0.15) is 0 Å². The van der Waals surface area contributed by atoms with Crippen LogP contribution in [0.5, 0.6) is 0 Å². The van der Waals surface area contributed by atoms with Crippen LogP contribution in [0.3, 0.4) is 0 Å². The van der Waals surface area contributed by atoms with Crippen molar-refractivity contribution in [3.63, 3.8) is 0 Å². The van der Waals surface area contributed by atoms with E-state index in [4.69, 9.17) is 4.42 Å². The molecule has 1 aromatic rings. The third kappa shape index (κ3) is 4.08. The Morgan fingerprint density at radius 1 is 1.25 bits per heavy atom. The Balaban J connectivity index is 1.86. The summed E-state index contributed by atoms with van der Waals surface area (Å²) in [6, 6.07) is 2.88. The van der Waals surface area contributed by atoms with Crippen molar-refractivity contribution in [3.05, 3.63) is 23.2 Å². The zero-order valence-corrected chi connectivity index (χ0v) is 13.4. The molecule has 0 saturated carbocycles. The van der Waals surface area contributed by atoms with Crippen molar-refractivity contribution in [2.45, 2.75) is 46.8 Å². The maximum absolute atomic E-state index is 5.82. The molecule has 0 amide bonds. The Kier molecular flexibility index (Phi) is 5.64. The minimum absolute atomic E-state index is 0.666. The Morgan fingerprint density at radius 2 is 1.95 bits per heavy atom. The number of rotatable bonds is 6. The molecule has 4 nitrogen and oxygen atoms in total. The summed E-state index contributed by atoms with van der Waals surface area (Å²) in [7, 11) is 0. The molecule has 1 fully saturated rings. The van der Waals surface area contributed by atoms with Gasteiger partial charge in [0.05, 0.1) is 6.54 Å². The molecule has 114 valence electrons. The molecule has 0 unspecified atom stereocenters.